The fraction of sp³-hybridized carbons (Fsp3) is 0.905. The Bertz CT molecular complexity index is 588. The van der Waals surface area contributed by atoms with E-state index in [1.807, 2.05) is 20.8 Å². The van der Waals surface area contributed by atoms with Crippen molar-refractivity contribution in [2.75, 3.05) is 0 Å². The minimum Gasteiger partial charge on any atom is -0.351 e. The van der Waals surface area contributed by atoms with Crippen LogP contribution in [0.1, 0.15) is 78.6 Å². The van der Waals surface area contributed by atoms with Crippen molar-refractivity contribution in [1.29, 1.82) is 0 Å². The Morgan fingerprint density at radius 2 is 1.69 bits per heavy atom. The Balaban J connectivity index is 1.61. The number of nitrogens with zero attached hydrogens (tertiary/aromatic N) is 1. The van der Waals surface area contributed by atoms with Crippen molar-refractivity contribution in [3.63, 3.8) is 0 Å². The number of alkyl halides is 2. The number of aliphatic imine (C=N–C) groups is 1. The standard InChI is InChI=1S/C21H37F2N5O/c1-21(2,3)26-20(25-19(29)14-9-10-15(22)16(23)11-14)24-18-12-17(27-28-18)13-7-5-4-6-8-13/h13-18,27-28H,4-12H2,1-3H3,(H2,24,25,26,29). The van der Waals surface area contributed by atoms with Crippen LogP contribution in [-0.4, -0.2) is 42.0 Å². The molecule has 2 aliphatic carbocycles. The Labute approximate surface area is 173 Å². The van der Waals surface area contributed by atoms with Gasteiger partial charge in [-0.2, -0.15) is 0 Å². The van der Waals surface area contributed by atoms with Crippen LogP contribution in [0, 0.1) is 11.8 Å². The molecule has 1 amide bonds. The number of hydrogen-bond acceptors (Lipinski definition) is 4. The second-order valence-electron chi connectivity index (χ2n) is 9.93. The van der Waals surface area contributed by atoms with Gasteiger partial charge >= 0.3 is 0 Å². The molecule has 0 aromatic carbocycles. The van der Waals surface area contributed by atoms with Crippen LogP contribution in [0.3, 0.4) is 0 Å². The summed E-state index contributed by atoms with van der Waals surface area (Å²) in [6.45, 7) is 5.98. The average molecular weight is 414 g/mol. The minimum atomic E-state index is -1.56. The maximum absolute atomic E-state index is 13.7. The molecule has 1 heterocycles. The Morgan fingerprint density at radius 3 is 2.34 bits per heavy atom. The molecule has 29 heavy (non-hydrogen) atoms. The van der Waals surface area contributed by atoms with Gasteiger partial charge in [-0.05, 0) is 58.8 Å². The van der Waals surface area contributed by atoms with Gasteiger partial charge in [-0.1, -0.05) is 19.3 Å². The van der Waals surface area contributed by atoms with Crippen molar-refractivity contribution in [2.45, 2.75) is 109 Å². The number of hydrogen-bond donors (Lipinski definition) is 4. The van der Waals surface area contributed by atoms with E-state index in [-0.39, 0.29) is 30.5 Å². The minimum absolute atomic E-state index is 0.0667. The predicted octanol–water partition coefficient (Wildman–Crippen LogP) is 3.10. The van der Waals surface area contributed by atoms with Gasteiger partial charge in [0.15, 0.2) is 5.96 Å². The van der Waals surface area contributed by atoms with Crippen LogP contribution in [-0.2, 0) is 4.79 Å². The van der Waals surface area contributed by atoms with Crippen molar-refractivity contribution in [3.05, 3.63) is 0 Å². The van der Waals surface area contributed by atoms with Crippen LogP contribution < -0.4 is 21.5 Å². The fourth-order valence-electron chi connectivity index (χ4n) is 4.64. The van der Waals surface area contributed by atoms with Gasteiger partial charge in [-0.25, -0.2) is 19.2 Å². The third-order valence-corrected chi connectivity index (χ3v) is 6.22. The van der Waals surface area contributed by atoms with E-state index in [1.165, 1.54) is 32.1 Å². The van der Waals surface area contributed by atoms with Gasteiger partial charge in [-0.15, -0.1) is 0 Å². The van der Waals surface area contributed by atoms with Crippen molar-refractivity contribution < 1.29 is 13.6 Å². The lowest BCUT2D eigenvalue weighted by atomic mass is 9.83. The zero-order valence-corrected chi connectivity index (χ0v) is 17.9. The van der Waals surface area contributed by atoms with E-state index in [1.54, 1.807) is 0 Å². The first-order valence-corrected chi connectivity index (χ1v) is 11.2. The number of amides is 1. The Morgan fingerprint density at radius 1 is 0.966 bits per heavy atom. The second kappa shape index (κ2) is 9.69. The molecule has 5 atom stereocenters. The summed E-state index contributed by atoms with van der Waals surface area (Å²) in [5.74, 6) is 0.254. The summed E-state index contributed by atoms with van der Waals surface area (Å²) in [7, 11) is 0. The van der Waals surface area contributed by atoms with Gasteiger partial charge in [0, 0.05) is 23.9 Å². The molecule has 166 valence electrons. The van der Waals surface area contributed by atoms with Crippen molar-refractivity contribution in [1.82, 2.24) is 21.5 Å². The quantitative estimate of drug-likeness (QED) is 0.424. The molecule has 4 N–H and O–H groups in total. The maximum Gasteiger partial charge on any atom is 0.229 e. The van der Waals surface area contributed by atoms with Crippen LogP contribution in [0.4, 0.5) is 8.78 Å². The summed E-state index contributed by atoms with van der Waals surface area (Å²) in [4.78, 5) is 17.4. The Hall–Kier alpha value is -1.28. The van der Waals surface area contributed by atoms with E-state index in [0.717, 1.165) is 6.42 Å². The highest BCUT2D eigenvalue weighted by Crippen LogP contribution is 2.30. The number of rotatable bonds is 3. The van der Waals surface area contributed by atoms with Crippen molar-refractivity contribution in [2.24, 2.45) is 16.8 Å². The zero-order chi connectivity index (χ0) is 21.0. The average Bonchev–Trinajstić information content (AvgIpc) is 3.11. The van der Waals surface area contributed by atoms with E-state index >= 15 is 0 Å². The molecule has 5 unspecified atom stereocenters. The molecule has 8 heteroatoms. The number of guanidine groups is 1. The smallest absolute Gasteiger partial charge is 0.229 e. The molecule has 3 rings (SSSR count). The van der Waals surface area contributed by atoms with Gasteiger partial charge < -0.3 is 5.32 Å². The first-order chi connectivity index (χ1) is 13.7. The molecule has 0 aromatic rings. The van der Waals surface area contributed by atoms with Crippen LogP contribution >= 0.6 is 0 Å². The van der Waals surface area contributed by atoms with Crippen LogP contribution in [0.2, 0.25) is 0 Å². The fourth-order valence-corrected chi connectivity index (χ4v) is 4.64. The number of nitrogens with one attached hydrogen (secondary N) is 4. The van der Waals surface area contributed by atoms with Crippen molar-refractivity contribution >= 4 is 11.9 Å². The molecule has 3 fully saturated rings. The van der Waals surface area contributed by atoms with Gasteiger partial charge in [-0.3, -0.25) is 15.5 Å². The van der Waals surface area contributed by atoms with E-state index in [9.17, 15) is 13.6 Å². The topological polar surface area (TPSA) is 77.6 Å². The first-order valence-electron chi connectivity index (χ1n) is 11.2. The summed E-state index contributed by atoms with van der Waals surface area (Å²) < 4.78 is 27.1. The Kier molecular flexibility index (Phi) is 7.48. The first kappa shape index (κ1) is 22.4. The second-order valence-corrected chi connectivity index (χ2v) is 9.93. The molecule has 1 aliphatic heterocycles. The molecule has 0 spiro atoms. The summed E-state index contributed by atoms with van der Waals surface area (Å²) in [5.41, 5.74) is 6.34. The lowest BCUT2D eigenvalue weighted by molar-refractivity contribution is -0.125. The highest BCUT2D eigenvalue weighted by molar-refractivity contribution is 5.98. The maximum atomic E-state index is 13.7. The number of hydrazine groups is 1. The summed E-state index contributed by atoms with van der Waals surface area (Å²) in [6, 6.07) is 0.391. The van der Waals surface area contributed by atoms with E-state index in [2.05, 4.69) is 21.5 Å². The summed E-state index contributed by atoms with van der Waals surface area (Å²) in [5, 5.41) is 6.09. The monoisotopic (exact) mass is 413 g/mol. The van der Waals surface area contributed by atoms with Gasteiger partial charge in [0.25, 0.3) is 0 Å². The van der Waals surface area contributed by atoms with Crippen LogP contribution in [0.5, 0.6) is 0 Å². The molecule has 2 saturated carbocycles. The van der Waals surface area contributed by atoms with E-state index in [0.29, 0.717) is 24.3 Å². The molecule has 6 nitrogen and oxygen atoms in total. The molecule has 1 saturated heterocycles. The number of carbonyl (C=O) groups is 1. The third-order valence-electron chi connectivity index (χ3n) is 6.22. The highest BCUT2D eigenvalue weighted by Gasteiger charge is 2.35. The zero-order valence-electron chi connectivity index (χ0n) is 17.9. The van der Waals surface area contributed by atoms with Gasteiger partial charge in [0.1, 0.15) is 18.5 Å². The van der Waals surface area contributed by atoms with Crippen LogP contribution in [0.25, 0.3) is 0 Å². The molecule has 0 aromatic heterocycles. The molecular formula is C21H37F2N5O. The lowest BCUT2D eigenvalue weighted by Crippen LogP contribution is -2.52. The summed E-state index contributed by atoms with van der Waals surface area (Å²) >= 11 is 0. The SMILES string of the molecule is CC(C)(C)N/C(=N\C1CC(C2CCCCC2)NN1)NC(=O)C1CCC(F)C(F)C1. The largest absolute Gasteiger partial charge is 0.351 e. The lowest BCUT2D eigenvalue weighted by Gasteiger charge is -2.29. The van der Waals surface area contributed by atoms with Gasteiger partial charge in [0.2, 0.25) is 5.91 Å². The van der Waals surface area contributed by atoms with E-state index < -0.39 is 18.3 Å². The molecule has 3 aliphatic rings. The van der Waals surface area contributed by atoms with Gasteiger partial charge in [0.05, 0.1) is 0 Å². The number of carbonyl (C=O) groups excluding carboxylic acids is 1. The third kappa shape index (κ3) is 6.60. The predicted molar refractivity (Wildman–Crippen MR) is 111 cm³/mol. The normalized spacial score (nSPS) is 34.8. The van der Waals surface area contributed by atoms with Crippen molar-refractivity contribution in [3.8, 4) is 0 Å². The van der Waals surface area contributed by atoms with E-state index in [4.69, 9.17) is 4.99 Å². The number of halogens is 2. The highest BCUT2D eigenvalue weighted by atomic mass is 19.2. The summed E-state index contributed by atoms with van der Waals surface area (Å²) in [6.07, 6.45) is 4.52. The molecular weight excluding hydrogens is 376 g/mol. The molecule has 0 bridgehead atoms. The van der Waals surface area contributed by atoms with Crippen LogP contribution in [0.15, 0.2) is 4.99 Å². The molecule has 0 radical (unpaired) electrons.